The van der Waals surface area contributed by atoms with Crippen LogP contribution in [0.2, 0.25) is 5.02 Å². The summed E-state index contributed by atoms with van der Waals surface area (Å²) < 4.78 is 19.2. The van der Waals surface area contributed by atoms with E-state index in [-0.39, 0.29) is 46.0 Å². The molecule has 1 atom stereocenters. The monoisotopic (exact) mass is 427 g/mol. The van der Waals surface area contributed by atoms with Crippen molar-refractivity contribution in [2.24, 2.45) is 0 Å². The zero-order chi connectivity index (χ0) is 19.7. The number of carbonyl (C=O) groups excluding carboxylic acids is 2. The number of hydrogen-bond donors (Lipinski definition) is 1. The molecule has 2 N–H and O–H groups in total. The molecule has 6 nitrogen and oxygen atoms in total. The van der Waals surface area contributed by atoms with Gasteiger partial charge in [0, 0.05) is 19.7 Å². The van der Waals surface area contributed by atoms with E-state index in [2.05, 4.69) is 0 Å². The average molecular weight is 428 g/mol. The van der Waals surface area contributed by atoms with Crippen LogP contribution in [0.5, 0.6) is 5.75 Å². The van der Waals surface area contributed by atoms with E-state index in [0.29, 0.717) is 13.0 Å². The maximum absolute atomic E-state index is 14.0. The molecule has 2 aromatic carbocycles. The minimum atomic E-state index is -0.710. The molecule has 1 aliphatic rings. The van der Waals surface area contributed by atoms with Crippen LogP contribution < -0.4 is 15.4 Å². The van der Waals surface area contributed by atoms with Gasteiger partial charge < -0.3 is 20.3 Å². The number of ether oxygens (including phenoxy) is 1. The van der Waals surface area contributed by atoms with E-state index < -0.39 is 17.8 Å². The van der Waals surface area contributed by atoms with Crippen molar-refractivity contribution in [2.45, 2.75) is 12.5 Å². The Labute approximate surface area is 173 Å². The first-order valence-electron chi connectivity index (χ1n) is 8.31. The van der Waals surface area contributed by atoms with Crippen LogP contribution >= 0.6 is 24.0 Å². The Morgan fingerprint density at radius 1 is 1.36 bits per heavy atom. The van der Waals surface area contributed by atoms with E-state index in [4.69, 9.17) is 22.1 Å². The van der Waals surface area contributed by atoms with Crippen molar-refractivity contribution in [3.05, 3.63) is 52.8 Å². The molecule has 2 amide bonds. The van der Waals surface area contributed by atoms with Crippen LogP contribution in [-0.2, 0) is 4.79 Å². The summed E-state index contributed by atoms with van der Waals surface area (Å²) in [5, 5.41) is 0.221. The lowest BCUT2D eigenvalue weighted by atomic mass is 10.1. The van der Waals surface area contributed by atoms with E-state index in [0.717, 1.165) is 0 Å². The SMILES string of the molecule is COc1cc(N)c(Cl)cc1C(=O)N(C)C1CCN(c2ccccc2F)C1=O.Cl. The number of methoxy groups -OCH3 is 1. The van der Waals surface area contributed by atoms with E-state index in [1.807, 2.05) is 0 Å². The second-order valence-electron chi connectivity index (χ2n) is 6.24. The van der Waals surface area contributed by atoms with E-state index in [9.17, 15) is 14.0 Å². The number of halogens is 3. The third kappa shape index (κ3) is 3.86. The van der Waals surface area contributed by atoms with Gasteiger partial charge in [0.05, 0.1) is 29.1 Å². The van der Waals surface area contributed by atoms with Gasteiger partial charge >= 0.3 is 0 Å². The number of amides is 2. The summed E-state index contributed by atoms with van der Waals surface area (Å²) in [6, 6.07) is 8.23. The summed E-state index contributed by atoms with van der Waals surface area (Å²) in [5.41, 5.74) is 6.45. The highest BCUT2D eigenvalue weighted by molar-refractivity contribution is 6.33. The molecular weight excluding hydrogens is 408 g/mol. The fourth-order valence-corrected chi connectivity index (χ4v) is 3.33. The Kier molecular flexibility index (Phi) is 6.74. The summed E-state index contributed by atoms with van der Waals surface area (Å²) in [6.45, 7) is 0.321. The predicted octanol–water partition coefficient (Wildman–Crippen LogP) is 3.37. The van der Waals surface area contributed by atoms with E-state index in [1.54, 1.807) is 18.2 Å². The van der Waals surface area contributed by atoms with Crippen molar-refractivity contribution in [1.29, 1.82) is 0 Å². The van der Waals surface area contributed by atoms with Crippen LogP contribution in [0.15, 0.2) is 36.4 Å². The molecule has 0 saturated carbocycles. The largest absolute Gasteiger partial charge is 0.496 e. The minimum Gasteiger partial charge on any atom is -0.496 e. The number of rotatable bonds is 4. The minimum absolute atomic E-state index is 0. The number of nitrogens with zero attached hydrogens (tertiary/aromatic N) is 2. The number of anilines is 2. The van der Waals surface area contributed by atoms with Gasteiger partial charge in [-0.05, 0) is 24.6 Å². The fraction of sp³-hybridized carbons (Fsp3) is 0.263. The molecule has 0 aromatic heterocycles. The van der Waals surface area contributed by atoms with Crippen LogP contribution in [0.3, 0.4) is 0 Å². The Bertz CT molecular complexity index is 910. The number of likely N-dealkylation sites (N-methyl/N-ethyl adjacent to an activating group) is 1. The molecule has 0 spiro atoms. The number of nitrogen functional groups attached to an aromatic ring is 1. The van der Waals surface area contributed by atoms with Gasteiger partial charge in [-0.25, -0.2) is 4.39 Å². The van der Waals surface area contributed by atoms with Gasteiger partial charge in [0.15, 0.2) is 0 Å². The smallest absolute Gasteiger partial charge is 0.258 e. The topological polar surface area (TPSA) is 75.9 Å². The van der Waals surface area contributed by atoms with Crippen molar-refractivity contribution in [1.82, 2.24) is 4.90 Å². The lowest BCUT2D eigenvalue weighted by Gasteiger charge is -2.25. The Morgan fingerprint density at radius 3 is 2.68 bits per heavy atom. The molecule has 28 heavy (non-hydrogen) atoms. The molecule has 2 aromatic rings. The number of benzene rings is 2. The van der Waals surface area contributed by atoms with Crippen LogP contribution in [-0.4, -0.2) is 43.5 Å². The molecule has 1 aliphatic heterocycles. The Hall–Kier alpha value is -2.51. The van der Waals surface area contributed by atoms with Gasteiger partial charge in [0.25, 0.3) is 5.91 Å². The van der Waals surface area contributed by atoms with Crippen LogP contribution in [0, 0.1) is 5.82 Å². The molecule has 3 rings (SSSR count). The highest BCUT2D eigenvalue weighted by atomic mass is 35.5. The summed E-state index contributed by atoms with van der Waals surface area (Å²) in [4.78, 5) is 28.4. The standard InChI is InChI=1S/C19H19ClFN3O3.ClH/c1-23(18(25)11-9-12(20)14(22)10-17(11)27-2)16-7-8-24(19(16)26)15-6-4-3-5-13(15)21;/h3-6,9-10,16H,7-8,22H2,1-2H3;1H. The number of carbonyl (C=O) groups is 2. The Balaban J connectivity index is 0.00000280. The van der Waals surface area contributed by atoms with Gasteiger partial charge in [-0.3, -0.25) is 9.59 Å². The van der Waals surface area contributed by atoms with Crippen molar-refractivity contribution in [3.8, 4) is 5.75 Å². The number of nitrogens with two attached hydrogens (primary N) is 1. The van der Waals surface area contributed by atoms with Gasteiger partial charge in [0.2, 0.25) is 5.91 Å². The third-order valence-electron chi connectivity index (χ3n) is 4.66. The van der Waals surface area contributed by atoms with Crippen molar-refractivity contribution >= 4 is 47.2 Å². The van der Waals surface area contributed by atoms with Crippen molar-refractivity contribution in [3.63, 3.8) is 0 Å². The predicted molar refractivity (Wildman–Crippen MR) is 109 cm³/mol. The summed E-state index contributed by atoms with van der Waals surface area (Å²) in [6.07, 6.45) is 0.389. The number of hydrogen-bond acceptors (Lipinski definition) is 4. The first-order chi connectivity index (χ1) is 12.8. The fourth-order valence-electron chi connectivity index (χ4n) is 3.17. The Morgan fingerprint density at radius 2 is 2.04 bits per heavy atom. The zero-order valence-corrected chi connectivity index (χ0v) is 16.9. The molecule has 0 radical (unpaired) electrons. The molecule has 1 unspecified atom stereocenters. The first kappa shape index (κ1) is 21.8. The van der Waals surface area contributed by atoms with E-state index >= 15 is 0 Å². The molecular formula is C19H20Cl2FN3O3. The first-order valence-corrected chi connectivity index (χ1v) is 8.69. The van der Waals surface area contributed by atoms with Gasteiger partial charge in [-0.2, -0.15) is 0 Å². The molecule has 150 valence electrons. The quantitative estimate of drug-likeness (QED) is 0.758. The normalized spacial score (nSPS) is 15.9. The average Bonchev–Trinajstić information content (AvgIpc) is 3.04. The third-order valence-corrected chi connectivity index (χ3v) is 4.98. The zero-order valence-electron chi connectivity index (χ0n) is 15.3. The van der Waals surface area contributed by atoms with Crippen LogP contribution in [0.1, 0.15) is 16.8 Å². The summed E-state index contributed by atoms with van der Waals surface area (Å²) in [5.74, 6) is -0.975. The molecule has 1 heterocycles. The lowest BCUT2D eigenvalue weighted by Crippen LogP contribution is -2.43. The van der Waals surface area contributed by atoms with Crippen molar-refractivity contribution < 1.29 is 18.7 Å². The van der Waals surface area contributed by atoms with Gasteiger partial charge in [0.1, 0.15) is 17.6 Å². The number of para-hydroxylation sites is 1. The molecule has 1 fully saturated rings. The van der Waals surface area contributed by atoms with E-state index in [1.165, 1.54) is 42.2 Å². The second kappa shape index (κ2) is 8.67. The molecule has 1 saturated heterocycles. The highest BCUT2D eigenvalue weighted by Crippen LogP contribution is 2.31. The van der Waals surface area contributed by atoms with Crippen LogP contribution in [0.4, 0.5) is 15.8 Å². The lowest BCUT2D eigenvalue weighted by molar-refractivity contribution is -0.120. The maximum atomic E-state index is 14.0. The molecule has 0 aliphatic carbocycles. The van der Waals surface area contributed by atoms with Gasteiger partial charge in [-0.15, -0.1) is 12.4 Å². The van der Waals surface area contributed by atoms with Gasteiger partial charge in [-0.1, -0.05) is 23.7 Å². The van der Waals surface area contributed by atoms with Crippen LogP contribution in [0.25, 0.3) is 0 Å². The molecule has 0 bridgehead atoms. The highest BCUT2D eigenvalue weighted by Gasteiger charge is 2.38. The summed E-state index contributed by atoms with van der Waals surface area (Å²) >= 11 is 6.03. The summed E-state index contributed by atoms with van der Waals surface area (Å²) in [7, 11) is 2.94. The second-order valence-corrected chi connectivity index (χ2v) is 6.64. The molecule has 9 heteroatoms. The van der Waals surface area contributed by atoms with Crippen molar-refractivity contribution in [2.75, 3.05) is 31.3 Å². The maximum Gasteiger partial charge on any atom is 0.258 e.